The summed E-state index contributed by atoms with van der Waals surface area (Å²) in [6.07, 6.45) is 5.09. The van der Waals surface area contributed by atoms with Crippen molar-refractivity contribution in [2.75, 3.05) is 12.4 Å². The van der Waals surface area contributed by atoms with Crippen LogP contribution in [0, 0.1) is 19.3 Å². The zero-order valence-corrected chi connectivity index (χ0v) is 13.1. The number of rotatable bonds is 3. The van der Waals surface area contributed by atoms with Crippen LogP contribution in [0.1, 0.15) is 36.8 Å². The van der Waals surface area contributed by atoms with Crippen LogP contribution in [0.15, 0.2) is 23.2 Å². The fraction of sp³-hybridized carbons (Fsp3) is 0.588. The monoisotopic (exact) mass is 287 g/mol. The van der Waals surface area contributed by atoms with Crippen molar-refractivity contribution in [3.05, 3.63) is 29.3 Å². The van der Waals surface area contributed by atoms with E-state index in [9.17, 15) is 0 Å². The number of nitrogens with zero attached hydrogens (tertiary/aromatic N) is 1. The highest BCUT2D eigenvalue weighted by molar-refractivity contribution is 5.92. The second-order valence-electron chi connectivity index (χ2n) is 6.58. The lowest BCUT2D eigenvalue weighted by Gasteiger charge is -2.59. The lowest BCUT2D eigenvalue weighted by Crippen LogP contribution is -2.61. The van der Waals surface area contributed by atoms with Crippen molar-refractivity contribution in [2.45, 2.75) is 51.7 Å². The molecule has 0 saturated heterocycles. The van der Waals surface area contributed by atoms with Crippen LogP contribution in [-0.2, 0) is 4.74 Å². The molecule has 2 aliphatic carbocycles. The third kappa shape index (κ3) is 2.53. The number of hydrogen-bond acceptors (Lipinski definition) is 2. The van der Waals surface area contributed by atoms with Crippen molar-refractivity contribution in [1.29, 1.82) is 0 Å². The standard InChI is InChI=1S/C17H25N3O/c1-11-7-12(2)9-13(8-11)19-16(18)20-14-10-15(21-3)17(14)5-4-6-17/h7-9,14-15H,4-6,10H2,1-3H3,(H3,18,19,20). The molecule has 21 heavy (non-hydrogen) atoms. The number of ether oxygens (including phenoxy) is 1. The number of aliphatic imine (C=N–C) groups is 1. The van der Waals surface area contributed by atoms with Crippen LogP contribution in [0.4, 0.5) is 5.69 Å². The third-order valence-electron chi connectivity index (χ3n) is 5.10. The fourth-order valence-electron chi connectivity index (χ4n) is 3.87. The number of nitrogens with two attached hydrogens (primary N) is 1. The summed E-state index contributed by atoms with van der Waals surface area (Å²) in [6, 6.07) is 6.65. The normalized spacial score (nSPS) is 27.1. The molecular formula is C17H25N3O. The van der Waals surface area contributed by atoms with E-state index in [1.807, 2.05) is 7.11 Å². The molecule has 4 heteroatoms. The summed E-state index contributed by atoms with van der Waals surface area (Å²) in [5.74, 6) is 0.519. The maximum atomic E-state index is 6.10. The van der Waals surface area contributed by atoms with E-state index in [0.717, 1.165) is 12.1 Å². The summed E-state index contributed by atoms with van der Waals surface area (Å²) in [5.41, 5.74) is 9.83. The van der Waals surface area contributed by atoms with Gasteiger partial charge >= 0.3 is 0 Å². The summed E-state index contributed by atoms with van der Waals surface area (Å²) in [5, 5.41) is 3.23. The van der Waals surface area contributed by atoms with Gasteiger partial charge in [-0.1, -0.05) is 12.5 Å². The first-order chi connectivity index (χ1) is 10.0. The van der Waals surface area contributed by atoms with Crippen molar-refractivity contribution in [2.24, 2.45) is 16.1 Å². The van der Waals surface area contributed by atoms with E-state index in [4.69, 9.17) is 15.5 Å². The van der Waals surface area contributed by atoms with Gasteiger partial charge in [-0.05, 0) is 56.4 Å². The minimum Gasteiger partial charge on any atom is -0.381 e. The van der Waals surface area contributed by atoms with Gasteiger partial charge in [0.15, 0.2) is 5.96 Å². The first kappa shape index (κ1) is 14.4. The Morgan fingerprint density at radius 2 is 1.95 bits per heavy atom. The van der Waals surface area contributed by atoms with Crippen molar-refractivity contribution < 1.29 is 4.74 Å². The molecule has 2 atom stereocenters. The second kappa shape index (κ2) is 5.34. The minimum absolute atomic E-state index is 0.267. The van der Waals surface area contributed by atoms with Gasteiger partial charge in [-0.25, -0.2) is 4.99 Å². The Morgan fingerprint density at radius 3 is 2.48 bits per heavy atom. The molecular weight excluding hydrogens is 262 g/mol. The Balaban J connectivity index is 1.69. The van der Waals surface area contributed by atoms with Gasteiger partial charge in [-0.3, -0.25) is 0 Å². The van der Waals surface area contributed by atoms with Crippen molar-refractivity contribution in [3.63, 3.8) is 0 Å². The molecule has 2 unspecified atom stereocenters. The van der Waals surface area contributed by atoms with Crippen LogP contribution in [0.3, 0.4) is 0 Å². The maximum Gasteiger partial charge on any atom is 0.193 e. The van der Waals surface area contributed by atoms with Crippen LogP contribution in [0.25, 0.3) is 0 Å². The van der Waals surface area contributed by atoms with Crippen LogP contribution in [-0.4, -0.2) is 25.2 Å². The van der Waals surface area contributed by atoms with Crippen LogP contribution >= 0.6 is 0 Å². The zero-order valence-electron chi connectivity index (χ0n) is 13.1. The zero-order chi connectivity index (χ0) is 15.0. The average Bonchev–Trinajstić information content (AvgIpc) is 2.30. The van der Waals surface area contributed by atoms with Gasteiger partial charge in [0.25, 0.3) is 0 Å². The average molecular weight is 287 g/mol. The number of guanidine groups is 1. The summed E-state index contributed by atoms with van der Waals surface area (Å²) >= 11 is 0. The third-order valence-corrected chi connectivity index (χ3v) is 5.10. The van der Waals surface area contributed by atoms with E-state index in [-0.39, 0.29) is 5.41 Å². The highest BCUT2D eigenvalue weighted by Crippen LogP contribution is 2.58. The van der Waals surface area contributed by atoms with Gasteiger partial charge in [0.2, 0.25) is 0 Å². The molecule has 1 spiro atoms. The van der Waals surface area contributed by atoms with Crippen molar-refractivity contribution >= 4 is 11.6 Å². The van der Waals surface area contributed by atoms with Crippen LogP contribution < -0.4 is 11.1 Å². The first-order valence-electron chi connectivity index (χ1n) is 7.75. The van der Waals surface area contributed by atoms with Gasteiger partial charge in [-0.2, -0.15) is 0 Å². The summed E-state index contributed by atoms with van der Waals surface area (Å²) in [4.78, 5) is 4.71. The van der Waals surface area contributed by atoms with E-state index in [1.165, 1.54) is 30.4 Å². The van der Waals surface area contributed by atoms with E-state index in [0.29, 0.717) is 18.1 Å². The number of aryl methyl sites for hydroxylation is 2. The Morgan fingerprint density at radius 1 is 1.29 bits per heavy atom. The predicted molar refractivity (Wildman–Crippen MR) is 86.6 cm³/mol. The highest BCUT2D eigenvalue weighted by Gasteiger charge is 2.58. The summed E-state index contributed by atoms with van der Waals surface area (Å²) < 4.78 is 5.57. The molecule has 0 heterocycles. The van der Waals surface area contributed by atoms with Crippen molar-refractivity contribution in [1.82, 2.24) is 0 Å². The van der Waals surface area contributed by atoms with Gasteiger partial charge in [0, 0.05) is 18.2 Å². The number of anilines is 1. The minimum atomic E-state index is 0.267. The maximum absolute atomic E-state index is 6.10. The molecule has 0 amide bonds. The molecule has 0 bridgehead atoms. The van der Waals surface area contributed by atoms with E-state index in [1.54, 1.807) is 0 Å². The first-order valence-corrected chi connectivity index (χ1v) is 7.75. The molecule has 2 fully saturated rings. The number of methoxy groups -OCH3 is 1. The van der Waals surface area contributed by atoms with Crippen LogP contribution in [0.5, 0.6) is 0 Å². The number of nitrogens with one attached hydrogen (secondary N) is 1. The lowest BCUT2D eigenvalue weighted by atomic mass is 9.51. The van der Waals surface area contributed by atoms with Gasteiger partial charge in [0.1, 0.15) is 0 Å². The van der Waals surface area contributed by atoms with E-state index >= 15 is 0 Å². The molecule has 0 radical (unpaired) electrons. The molecule has 2 saturated carbocycles. The summed E-state index contributed by atoms with van der Waals surface area (Å²) in [6.45, 7) is 4.17. The van der Waals surface area contributed by atoms with E-state index < -0.39 is 0 Å². The molecule has 3 N–H and O–H groups in total. The molecule has 3 rings (SSSR count). The lowest BCUT2D eigenvalue weighted by molar-refractivity contribution is -0.150. The van der Waals surface area contributed by atoms with E-state index in [2.05, 4.69) is 37.4 Å². The predicted octanol–water partition coefficient (Wildman–Crippen LogP) is 2.99. The SMILES string of the molecule is COC1CC(N=C(N)Nc2cc(C)cc(C)c2)C12CCC2. The molecule has 114 valence electrons. The van der Waals surface area contributed by atoms with Gasteiger partial charge in [-0.15, -0.1) is 0 Å². The highest BCUT2D eigenvalue weighted by atomic mass is 16.5. The molecule has 0 aromatic heterocycles. The number of hydrogen-bond donors (Lipinski definition) is 2. The molecule has 1 aromatic carbocycles. The fourth-order valence-corrected chi connectivity index (χ4v) is 3.87. The second-order valence-corrected chi connectivity index (χ2v) is 6.58. The topological polar surface area (TPSA) is 59.6 Å². The number of benzene rings is 1. The Kier molecular flexibility index (Phi) is 3.66. The van der Waals surface area contributed by atoms with Gasteiger partial charge in [0.05, 0.1) is 12.1 Å². The Bertz CT molecular complexity index is 543. The smallest absolute Gasteiger partial charge is 0.193 e. The molecule has 0 aliphatic heterocycles. The molecule has 2 aliphatic rings. The quantitative estimate of drug-likeness (QED) is 0.663. The Labute approximate surface area is 126 Å². The summed E-state index contributed by atoms with van der Waals surface area (Å²) in [7, 11) is 1.81. The molecule has 1 aromatic rings. The molecule has 4 nitrogen and oxygen atoms in total. The largest absolute Gasteiger partial charge is 0.381 e. The van der Waals surface area contributed by atoms with Gasteiger partial charge < -0.3 is 15.8 Å². The van der Waals surface area contributed by atoms with Crippen molar-refractivity contribution in [3.8, 4) is 0 Å². The van der Waals surface area contributed by atoms with Crippen LogP contribution in [0.2, 0.25) is 0 Å². The Hall–Kier alpha value is -1.55.